The van der Waals surface area contributed by atoms with E-state index in [4.69, 9.17) is 0 Å². The zero-order valence-electron chi connectivity index (χ0n) is 11.1. The standard InChI is InChI=1S/C14H16BrNO2S2/c1-2-3-11-4-6-14(7-5-11)20(17,18)16-9-13-8-12(15)10-19-13/h4-8,10,16H,2-3,9H2,1H3. The van der Waals surface area contributed by atoms with Crippen molar-refractivity contribution in [1.82, 2.24) is 4.72 Å². The van der Waals surface area contributed by atoms with Crippen LogP contribution in [-0.4, -0.2) is 8.42 Å². The van der Waals surface area contributed by atoms with Crippen molar-refractivity contribution in [2.45, 2.75) is 31.2 Å². The fraction of sp³-hybridized carbons (Fsp3) is 0.286. The van der Waals surface area contributed by atoms with Crippen LogP contribution in [0.5, 0.6) is 0 Å². The molecule has 6 heteroatoms. The molecule has 0 aliphatic carbocycles. The first kappa shape index (κ1) is 15.7. The highest BCUT2D eigenvalue weighted by atomic mass is 79.9. The number of hydrogen-bond acceptors (Lipinski definition) is 3. The SMILES string of the molecule is CCCc1ccc(S(=O)(=O)NCc2cc(Br)cs2)cc1. The molecule has 1 aromatic heterocycles. The van der Waals surface area contributed by atoms with Crippen molar-refractivity contribution in [3.8, 4) is 0 Å². The Balaban J connectivity index is 2.05. The third kappa shape index (κ3) is 4.15. The number of rotatable bonds is 6. The average Bonchev–Trinajstić information content (AvgIpc) is 2.84. The van der Waals surface area contributed by atoms with Gasteiger partial charge in [-0.3, -0.25) is 0 Å². The van der Waals surface area contributed by atoms with Crippen LogP contribution in [0.25, 0.3) is 0 Å². The zero-order chi connectivity index (χ0) is 14.6. The second-order valence-electron chi connectivity index (χ2n) is 4.45. The number of benzene rings is 1. The predicted molar refractivity (Wildman–Crippen MR) is 86.5 cm³/mol. The van der Waals surface area contributed by atoms with E-state index in [9.17, 15) is 8.42 Å². The molecule has 0 spiro atoms. The Hall–Kier alpha value is -0.690. The van der Waals surface area contributed by atoms with Gasteiger partial charge in [0.15, 0.2) is 0 Å². The quantitative estimate of drug-likeness (QED) is 0.833. The highest BCUT2D eigenvalue weighted by molar-refractivity contribution is 9.10. The number of halogens is 1. The van der Waals surface area contributed by atoms with Crippen LogP contribution in [-0.2, 0) is 23.0 Å². The van der Waals surface area contributed by atoms with Crippen LogP contribution in [0.15, 0.2) is 45.1 Å². The van der Waals surface area contributed by atoms with Crippen LogP contribution in [0.4, 0.5) is 0 Å². The van der Waals surface area contributed by atoms with Gasteiger partial charge in [-0.05, 0) is 46.1 Å². The molecule has 20 heavy (non-hydrogen) atoms. The van der Waals surface area contributed by atoms with Crippen molar-refractivity contribution in [2.75, 3.05) is 0 Å². The molecule has 0 bridgehead atoms. The topological polar surface area (TPSA) is 46.2 Å². The fourth-order valence-corrected chi connectivity index (χ4v) is 4.31. The lowest BCUT2D eigenvalue weighted by Gasteiger charge is -2.06. The summed E-state index contributed by atoms with van der Waals surface area (Å²) in [6, 6.07) is 8.99. The lowest BCUT2D eigenvalue weighted by Crippen LogP contribution is -2.22. The van der Waals surface area contributed by atoms with E-state index in [0.717, 1.165) is 27.8 Å². The van der Waals surface area contributed by atoms with E-state index in [1.807, 2.05) is 23.6 Å². The third-order valence-corrected chi connectivity index (χ3v) is 5.95. The van der Waals surface area contributed by atoms with Gasteiger partial charge < -0.3 is 0 Å². The summed E-state index contributed by atoms with van der Waals surface area (Å²) >= 11 is 4.87. The van der Waals surface area contributed by atoms with Gasteiger partial charge in [0.25, 0.3) is 0 Å². The van der Waals surface area contributed by atoms with Crippen LogP contribution in [0.3, 0.4) is 0 Å². The molecule has 108 valence electrons. The third-order valence-electron chi connectivity index (χ3n) is 2.83. The Morgan fingerprint density at radius 1 is 1.25 bits per heavy atom. The smallest absolute Gasteiger partial charge is 0.207 e. The van der Waals surface area contributed by atoms with E-state index < -0.39 is 10.0 Å². The highest BCUT2D eigenvalue weighted by Gasteiger charge is 2.13. The Morgan fingerprint density at radius 3 is 2.50 bits per heavy atom. The molecule has 2 aromatic rings. The van der Waals surface area contributed by atoms with Gasteiger partial charge in [-0.15, -0.1) is 11.3 Å². The van der Waals surface area contributed by atoms with Crippen molar-refractivity contribution >= 4 is 37.3 Å². The number of nitrogens with one attached hydrogen (secondary N) is 1. The van der Waals surface area contributed by atoms with Crippen LogP contribution >= 0.6 is 27.3 Å². The van der Waals surface area contributed by atoms with Gasteiger partial charge in [-0.25, -0.2) is 13.1 Å². The zero-order valence-corrected chi connectivity index (χ0v) is 14.3. The number of aryl methyl sites for hydroxylation is 1. The maximum atomic E-state index is 12.2. The minimum absolute atomic E-state index is 0.313. The van der Waals surface area contributed by atoms with Crippen LogP contribution in [0, 0.1) is 0 Å². The van der Waals surface area contributed by atoms with Crippen molar-refractivity contribution in [1.29, 1.82) is 0 Å². The molecule has 3 nitrogen and oxygen atoms in total. The minimum atomic E-state index is -3.44. The van der Waals surface area contributed by atoms with E-state index in [1.165, 1.54) is 11.3 Å². The first-order valence-corrected chi connectivity index (χ1v) is 9.48. The summed E-state index contributed by atoms with van der Waals surface area (Å²) in [7, 11) is -3.44. The molecule has 0 aliphatic heterocycles. The largest absolute Gasteiger partial charge is 0.240 e. The first-order valence-electron chi connectivity index (χ1n) is 6.33. The Kier molecular flexibility index (Phi) is 5.37. The van der Waals surface area contributed by atoms with Crippen molar-refractivity contribution in [2.24, 2.45) is 0 Å². The summed E-state index contributed by atoms with van der Waals surface area (Å²) in [5.74, 6) is 0. The molecule has 0 saturated carbocycles. The van der Waals surface area contributed by atoms with Crippen molar-refractivity contribution in [3.63, 3.8) is 0 Å². The molecule has 0 saturated heterocycles. The minimum Gasteiger partial charge on any atom is -0.207 e. The molecule has 0 amide bonds. The van der Waals surface area contributed by atoms with E-state index in [-0.39, 0.29) is 0 Å². The fourth-order valence-electron chi connectivity index (χ4n) is 1.82. The first-order chi connectivity index (χ1) is 9.51. The summed E-state index contributed by atoms with van der Waals surface area (Å²) in [6.45, 7) is 2.42. The Labute approximate surface area is 132 Å². The molecule has 1 N–H and O–H groups in total. The molecular formula is C14H16BrNO2S2. The molecule has 1 heterocycles. The Morgan fingerprint density at radius 2 is 1.95 bits per heavy atom. The maximum Gasteiger partial charge on any atom is 0.240 e. The monoisotopic (exact) mass is 373 g/mol. The summed E-state index contributed by atoms with van der Waals surface area (Å²) in [5, 5.41) is 1.93. The highest BCUT2D eigenvalue weighted by Crippen LogP contribution is 2.20. The number of thiophene rings is 1. The second kappa shape index (κ2) is 6.85. The van der Waals surface area contributed by atoms with Crippen molar-refractivity contribution in [3.05, 3.63) is 50.6 Å². The van der Waals surface area contributed by atoms with E-state index in [0.29, 0.717) is 11.4 Å². The summed E-state index contributed by atoms with van der Waals surface area (Å²) in [5.41, 5.74) is 1.16. The molecular weight excluding hydrogens is 358 g/mol. The maximum absolute atomic E-state index is 12.2. The summed E-state index contributed by atoms with van der Waals surface area (Å²) < 4.78 is 27.9. The molecule has 0 atom stereocenters. The van der Waals surface area contributed by atoms with Gasteiger partial charge in [-0.1, -0.05) is 25.5 Å². The van der Waals surface area contributed by atoms with Gasteiger partial charge >= 0.3 is 0 Å². The molecule has 0 radical (unpaired) electrons. The van der Waals surface area contributed by atoms with E-state index in [1.54, 1.807) is 12.1 Å². The molecule has 0 aliphatic rings. The lowest BCUT2D eigenvalue weighted by atomic mass is 10.1. The number of sulfonamides is 1. The van der Waals surface area contributed by atoms with Crippen LogP contribution < -0.4 is 4.72 Å². The van der Waals surface area contributed by atoms with E-state index >= 15 is 0 Å². The van der Waals surface area contributed by atoms with Gasteiger partial charge in [0.1, 0.15) is 0 Å². The molecule has 2 rings (SSSR count). The van der Waals surface area contributed by atoms with E-state index in [2.05, 4.69) is 27.6 Å². The lowest BCUT2D eigenvalue weighted by molar-refractivity contribution is 0.582. The molecule has 1 aromatic carbocycles. The second-order valence-corrected chi connectivity index (χ2v) is 8.13. The molecule has 0 fully saturated rings. The van der Waals surface area contributed by atoms with Gasteiger partial charge in [0, 0.05) is 21.3 Å². The number of hydrogen-bond donors (Lipinski definition) is 1. The summed E-state index contributed by atoms with van der Waals surface area (Å²) in [6.07, 6.45) is 2.02. The van der Waals surface area contributed by atoms with Gasteiger partial charge in [-0.2, -0.15) is 0 Å². The normalized spacial score (nSPS) is 11.7. The Bertz CT molecular complexity index is 663. The summed E-state index contributed by atoms with van der Waals surface area (Å²) in [4.78, 5) is 1.29. The molecule has 0 unspecified atom stereocenters. The average molecular weight is 374 g/mol. The van der Waals surface area contributed by atoms with Gasteiger partial charge in [0.2, 0.25) is 10.0 Å². The van der Waals surface area contributed by atoms with Crippen LogP contribution in [0.2, 0.25) is 0 Å². The van der Waals surface area contributed by atoms with Crippen LogP contribution in [0.1, 0.15) is 23.8 Å². The van der Waals surface area contributed by atoms with Crippen molar-refractivity contribution < 1.29 is 8.42 Å². The van der Waals surface area contributed by atoms with Gasteiger partial charge in [0.05, 0.1) is 4.90 Å². The predicted octanol–water partition coefficient (Wildman–Crippen LogP) is 3.94.